The quantitative estimate of drug-likeness (QED) is 0.293. The second kappa shape index (κ2) is 8.57. The second-order valence-corrected chi connectivity index (χ2v) is 12.6. The molecular formula is C26H29F4N3O4S. The predicted molar refractivity (Wildman–Crippen MR) is 138 cm³/mol. The number of rotatable bonds is 9. The topological polar surface area (TPSA) is 87.7 Å². The van der Waals surface area contributed by atoms with Gasteiger partial charge in [-0.2, -0.15) is 0 Å². The third kappa shape index (κ3) is 4.90. The molecular weight excluding hydrogens is 526 g/mol. The lowest BCUT2D eigenvalue weighted by molar-refractivity contribution is -0.114. The van der Waals surface area contributed by atoms with Gasteiger partial charge in [0, 0.05) is 42.7 Å². The summed E-state index contributed by atoms with van der Waals surface area (Å²) in [4.78, 5) is 37.5. The number of ether oxygens (including phenoxy) is 1. The molecule has 0 saturated heterocycles. The first-order valence-electron chi connectivity index (χ1n) is 11.9. The number of Topliss-reactive ketones (excluding diaryl/α,β-unsaturated/α-hetero) is 1. The number of nitrogens with one attached hydrogen (secondary N) is 2. The van der Waals surface area contributed by atoms with Crippen molar-refractivity contribution in [3.8, 4) is 5.75 Å². The average molecular weight is 556 g/mol. The molecule has 1 aliphatic carbocycles. The molecule has 1 aliphatic heterocycles. The average Bonchev–Trinajstić information content (AvgIpc) is 3.58. The Labute approximate surface area is 217 Å². The van der Waals surface area contributed by atoms with E-state index in [0.717, 1.165) is 24.1 Å². The van der Waals surface area contributed by atoms with Crippen molar-refractivity contribution in [2.24, 2.45) is 0 Å². The van der Waals surface area contributed by atoms with E-state index in [1.807, 2.05) is 4.90 Å². The van der Waals surface area contributed by atoms with Crippen molar-refractivity contribution in [3.63, 3.8) is 0 Å². The second-order valence-electron chi connectivity index (χ2n) is 9.56. The summed E-state index contributed by atoms with van der Waals surface area (Å²) in [6.07, 6.45) is 1.39. The molecule has 2 N–H and O–H groups in total. The number of fused-ring (bicyclic) bond motifs is 2. The number of carbonyl (C=O) groups excluding carboxylic acids is 3. The van der Waals surface area contributed by atoms with E-state index in [-0.39, 0.29) is 18.1 Å². The van der Waals surface area contributed by atoms with E-state index in [1.165, 1.54) is 7.05 Å². The first kappa shape index (κ1) is 27.6. The van der Waals surface area contributed by atoms with Gasteiger partial charge < -0.3 is 15.4 Å². The van der Waals surface area contributed by atoms with Crippen LogP contribution in [0.2, 0.25) is 0 Å². The lowest BCUT2D eigenvalue weighted by atomic mass is 9.98. The van der Waals surface area contributed by atoms with Crippen molar-refractivity contribution >= 4 is 33.1 Å². The number of anilines is 1. The molecule has 2 aromatic carbocycles. The van der Waals surface area contributed by atoms with Gasteiger partial charge in [0.25, 0.3) is 5.91 Å². The number of hydrogen-bond donors (Lipinski definition) is 2. The largest absolute Gasteiger partial charge is 0.493 e. The van der Waals surface area contributed by atoms with E-state index in [9.17, 15) is 29.9 Å². The van der Waals surface area contributed by atoms with Crippen molar-refractivity contribution in [2.75, 3.05) is 25.5 Å². The minimum absolute atomic E-state index is 0.251. The van der Waals surface area contributed by atoms with Crippen molar-refractivity contribution in [3.05, 3.63) is 64.6 Å². The van der Waals surface area contributed by atoms with Crippen LogP contribution in [0.4, 0.5) is 21.2 Å². The van der Waals surface area contributed by atoms with Crippen molar-refractivity contribution in [2.45, 2.75) is 43.7 Å². The number of halogens is 4. The molecule has 0 radical (unpaired) electrons. The zero-order valence-corrected chi connectivity index (χ0v) is 22.0. The zero-order chi connectivity index (χ0) is 28.2. The van der Waals surface area contributed by atoms with Gasteiger partial charge >= 0.3 is 0 Å². The highest BCUT2D eigenvalue weighted by atomic mass is 32.5. The highest BCUT2D eigenvalue weighted by Crippen LogP contribution is 3.01. The summed E-state index contributed by atoms with van der Waals surface area (Å²) in [5, 5.41) is 4.13. The fourth-order valence-corrected chi connectivity index (χ4v) is 5.79. The molecule has 0 aromatic heterocycles. The van der Waals surface area contributed by atoms with Gasteiger partial charge in [0.05, 0.1) is 23.6 Å². The van der Waals surface area contributed by atoms with Crippen molar-refractivity contribution in [1.82, 2.24) is 10.2 Å². The van der Waals surface area contributed by atoms with Gasteiger partial charge in [0.1, 0.15) is 5.75 Å². The molecule has 1 fully saturated rings. The Hall–Kier alpha value is -3.38. The van der Waals surface area contributed by atoms with E-state index in [1.54, 1.807) is 19.1 Å². The summed E-state index contributed by atoms with van der Waals surface area (Å²) in [6.45, 7) is 5.92. The molecule has 7 nitrogen and oxygen atoms in total. The lowest BCUT2D eigenvalue weighted by Crippen LogP contribution is -2.34. The Bertz CT molecular complexity index is 1390. The zero-order valence-electron chi connectivity index (χ0n) is 21.2. The monoisotopic (exact) mass is 555 g/mol. The summed E-state index contributed by atoms with van der Waals surface area (Å²) in [5.74, 6) is -1.27. The van der Waals surface area contributed by atoms with Crippen LogP contribution in [0, 0.1) is 0 Å². The van der Waals surface area contributed by atoms with E-state index in [2.05, 4.69) is 17.2 Å². The number of amides is 2. The summed E-state index contributed by atoms with van der Waals surface area (Å²) < 4.78 is 63.9. The molecule has 1 spiro atoms. The Morgan fingerprint density at radius 3 is 2.37 bits per heavy atom. The Balaban J connectivity index is 1.70. The van der Waals surface area contributed by atoms with Gasteiger partial charge in [-0.1, -0.05) is 6.58 Å². The minimum atomic E-state index is -8.90. The molecule has 2 aliphatic rings. The van der Waals surface area contributed by atoms with Crippen LogP contribution in [0.5, 0.6) is 5.75 Å². The highest BCUT2D eigenvalue weighted by Gasteiger charge is 2.62. The number of benzene rings is 2. The van der Waals surface area contributed by atoms with Crippen LogP contribution in [0.3, 0.4) is 0 Å². The predicted octanol–water partition coefficient (Wildman–Crippen LogP) is 6.01. The highest BCUT2D eigenvalue weighted by molar-refractivity contribution is 8.52. The maximum absolute atomic E-state index is 14.6. The molecule has 206 valence electrons. The molecule has 0 unspecified atom stereocenters. The number of hydrogen-bond acceptors (Lipinski definition) is 5. The van der Waals surface area contributed by atoms with Gasteiger partial charge in [-0.15, -0.1) is 15.5 Å². The molecule has 38 heavy (non-hydrogen) atoms. The SMILES string of the molecule is C=CS(F)(F)(F)(F)c1cc(NC(C)=O)cc(C(=O)CN2Cc3cc(OCC)c(C(=O)NC)cc3C23CC3)c1. The molecule has 4 rings (SSSR count). The lowest BCUT2D eigenvalue weighted by Gasteiger charge is -2.47. The molecule has 2 aromatic rings. The van der Waals surface area contributed by atoms with E-state index in [0.29, 0.717) is 49.4 Å². The van der Waals surface area contributed by atoms with Crippen LogP contribution in [0.1, 0.15) is 58.5 Å². The summed E-state index contributed by atoms with van der Waals surface area (Å²) in [6, 6.07) is 5.55. The number of carbonyl (C=O) groups is 3. The first-order valence-corrected chi connectivity index (χ1v) is 14.0. The van der Waals surface area contributed by atoms with Crippen molar-refractivity contribution in [1.29, 1.82) is 0 Å². The Morgan fingerprint density at radius 1 is 1.13 bits per heavy atom. The fraction of sp³-hybridized carbons (Fsp3) is 0.346. The smallest absolute Gasteiger partial charge is 0.254 e. The van der Waals surface area contributed by atoms with Gasteiger partial charge in [-0.05, 0) is 61.2 Å². The summed E-state index contributed by atoms with van der Waals surface area (Å²) in [7, 11) is -7.39. The molecule has 1 saturated carbocycles. The van der Waals surface area contributed by atoms with Gasteiger partial charge in [0.2, 0.25) is 15.7 Å². The molecule has 0 bridgehead atoms. The van der Waals surface area contributed by atoms with E-state index >= 15 is 0 Å². The van der Waals surface area contributed by atoms with Gasteiger partial charge in [0.15, 0.2) is 5.78 Å². The van der Waals surface area contributed by atoms with E-state index in [4.69, 9.17) is 4.74 Å². The fourth-order valence-electron chi connectivity index (χ4n) is 4.85. The summed E-state index contributed by atoms with van der Waals surface area (Å²) in [5.41, 5.74) is 0.814. The van der Waals surface area contributed by atoms with Crippen LogP contribution >= 0.6 is 9.84 Å². The normalized spacial score (nSPS) is 17.7. The summed E-state index contributed by atoms with van der Waals surface area (Å²) >= 11 is 0. The van der Waals surface area contributed by atoms with Crippen LogP contribution in [0.25, 0.3) is 0 Å². The minimum Gasteiger partial charge on any atom is -0.493 e. The van der Waals surface area contributed by atoms with Gasteiger partial charge in [-0.3, -0.25) is 19.3 Å². The molecule has 12 heteroatoms. The van der Waals surface area contributed by atoms with Crippen LogP contribution in [-0.2, 0) is 16.9 Å². The third-order valence-electron chi connectivity index (χ3n) is 6.88. The van der Waals surface area contributed by atoms with Crippen molar-refractivity contribution < 1.29 is 34.7 Å². The van der Waals surface area contributed by atoms with Gasteiger partial charge in [-0.25, -0.2) is 0 Å². The van der Waals surface area contributed by atoms with Crippen LogP contribution in [-0.4, -0.2) is 42.7 Å². The van der Waals surface area contributed by atoms with E-state index < -0.39 is 42.9 Å². The number of ketones is 1. The van der Waals surface area contributed by atoms with Crippen LogP contribution < -0.4 is 15.4 Å². The maximum Gasteiger partial charge on any atom is 0.254 e. The maximum atomic E-state index is 14.6. The molecule has 0 atom stereocenters. The standard InChI is InChI=1S/C26H29F4N3O4S/c1-5-37-24-11-18-14-33(26(7-8-26)22(18)13-21(24)25(36)31-4)15-23(35)17-9-19(32-16(3)34)12-20(10-17)38(27,28,29,30)6-2/h6,9-13H,2,5,7-8,14-15H2,1,3-4H3,(H,31,36)(H,32,34). The third-order valence-corrected chi connectivity index (χ3v) is 8.77. The Kier molecular flexibility index (Phi) is 6.23. The molecule has 2 amide bonds. The van der Waals surface area contributed by atoms with Crippen LogP contribution in [0.15, 0.2) is 47.2 Å². The first-order chi connectivity index (χ1) is 17.6. The molecule has 1 heterocycles. The Morgan fingerprint density at radius 2 is 1.82 bits per heavy atom. The number of nitrogens with zero attached hydrogens (tertiary/aromatic N) is 1.